The summed E-state index contributed by atoms with van der Waals surface area (Å²) in [6.45, 7) is 10.8. The Labute approximate surface area is 333 Å². The minimum Gasteiger partial charge on any atom is -0.458 e. The van der Waals surface area contributed by atoms with Crippen LogP contribution in [-0.2, 0) is 14.2 Å². The van der Waals surface area contributed by atoms with Gasteiger partial charge in [0.05, 0.1) is 19.8 Å². The minimum absolute atomic E-state index is 0.00270. The van der Waals surface area contributed by atoms with Crippen molar-refractivity contribution in [2.45, 2.75) is 232 Å². The van der Waals surface area contributed by atoms with E-state index >= 15 is 0 Å². The lowest BCUT2D eigenvalue weighted by Gasteiger charge is -2.21. The number of hydrogen-bond acceptors (Lipinski definition) is 8. The zero-order chi connectivity index (χ0) is 38.7. The van der Waals surface area contributed by atoms with Crippen LogP contribution in [0.5, 0.6) is 0 Å². The SMILES string of the molecule is CCCCCCCCCCCC(CCCCCC)OC(=O)OCCCCCCCCN(CCO)CCCCCCCCSC(=O)OCCCCCCC. The van der Waals surface area contributed by atoms with Crippen LogP contribution in [-0.4, -0.2) is 72.8 Å². The molecule has 0 amide bonds. The van der Waals surface area contributed by atoms with E-state index in [4.69, 9.17) is 14.2 Å². The fourth-order valence-corrected chi connectivity index (χ4v) is 7.58. The molecule has 1 unspecified atom stereocenters. The van der Waals surface area contributed by atoms with Gasteiger partial charge in [-0.25, -0.2) is 9.59 Å². The maximum atomic E-state index is 12.5. The molecule has 0 fully saturated rings. The molecule has 1 N–H and O–H groups in total. The molecule has 0 aromatic carbocycles. The van der Waals surface area contributed by atoms with E-state index in [9.17, 15) is 14.7 Å². The fourth-order valence-electron chi connectivity index (χ4n) is 6.89. The zero-order valence-electron chi connectivity index (χ0n) is 35.5. The van der Waals surface area contributed by atoms with Crippen molar-refractivity contribution in [1.82, 2.24) is 4.90 Å². The van der Waals surface area contributed by atoms with E-state index < -0.39 is 6.16 Å². The Hall–Kier alpha value is -0.990. The molecule has 53 heavy (non-hydrogen) atoms. The van der Waals surface area contributed by atoms with Crippen molar-refractivity contribution < 1.29 is 28.9 Å². The Balaban J connectivity index is 3.84. The summed E-state index contributed by atoms with van der Waals surface area (Å²) in [6.07, 6.45) is 37.8. The molecule has 0 heterocycles. The minimum atomic E-state index is -0.470. The monoisotopic (exact) mass is 772 g/mol. The zero-order valence-corrected chi connectivity index (χ0v) is 36.3. The smallest absolute Gasteiger partial charge is 0.458 e. The van der Waals surface area contributed by atoms with E-state index in [0.717, 1.165) is 89.6 Å². The Bertz CT molecular complexity index is 756. The summed E-state index contributed by atoms with van der Waals surface area (Å²) in [6, 6.07) is 0. The van der Waals surface area contributed by atoms with Crippen molar-refractivity contribution >= 4 is 23.2 Å². The quantitative estimate of drug-likeness (QED) is 0.0485. The average Bonchev–Trinajstić information content (AvgIpc) is 3.15. The predicted molar refractivity (Wildman–Crippen MR) is 228 cm³/mol. The molecule has 0 spiro atoms. The van der Waals surface area contributed by atoms with Gasteiger partial charge in [-0.15, -0.1) is 0 Å². The van der Waals surface area contributed by atoms with Crippen LogP contribution in [0.2, 0.25) is 0 Å². The molecule has 0 saturated carbocycles. The molecule has 0 rings (SSSR count). The third kappa shape index (κ3) is 40.5. The second kappa shape index (κ2) is 43.7. The molecule has 0 radical (unpaired) electrons. The Morgan fingerprint density at radius 1 is 0.491 bits per heavy atom. The summed E-state index contributed by atoms with van der Waals surface area (Å²) in [7, 11) is 0. The lowest BCUT2D eigenvalue weighted by molar-refractivity contribution is 0.0154. The standard InChI is InChI=1S/C45H89NO6S/c1-4-7-10-13-14-15-16-21-28-35-43(34-27-12-9-6-3)52-44(48)50-40-31-25-19-17-22-29-36-46(38-39-47)37-30-23-18-20-26-33-42-53-45(49)51-41-32-24-11-8-5-2/h43,47H,4-42H2,1-3H3. The number of carbonyl (C=O) groups excluding carboxylic acids is 2. The highest BCUT2D eigenvalue weighted by Gasteiger charge is 2.15. The lowest BCUT2D eigenvalue weighted by Crippen LogP contribution is -2.29. The molecule has 0 saturated heterocycles. The first-order valence-electron chi connectivity index (χ1n) is 23.0. The number of hydrogen-bond donors (Lipinski definition) is 1. The number of nitrogens with zero attached hydrogens (tertiary/aromatic N) is 1. The number of aliphatic hydroxyl groups excluding tert-OH is 1. The number of thioether (sulfide) groups is 1. The molecular formula is C45H89NO6S. The third-order valence-electron chi connectivity index (χ3n) is 10.3. The molecular weight excluding hydrogens is 683 g/mol. The van der Waals surface area contributed by atoms with Crippen LogP contribution in [0, 0.1) is 0 Å². The maximum Gasteiger partial charge on any atom is 0.508 e. The average molecular weight is 772 g/mol. The summed E-state index contributed by atoms with van der Waals surface area (Å²) >= 11 is 1.33. The van der Waals surface area contributed by atoms with Crippen LogP contribution >= 0.6 is 11.8 Å². The molecule has 0 aliphatic rings. The largest absolute Gasteiger partial charge is 0.508 e. The summed E-state index contributed by atoms with van der Waals surface area (Å²) in [5.41, 5.74) is 0. The molecule has 0 aromatic heterocycles. The first-order chi connectivity index (χ1) is 26.1. The number of ether oxygens (including phenoxy) is 3. The first kappa shape index (κ1) is 52.0. The molecule has 8 heteroatoms. The van der Waals surface area contributed by atoms with Gasteiger partial charge in [-0.2, -0.15) is 0 Å². The molecule has 0 bridgehead atoms. The normalized spacial score (nSPS) is 12.0. The first-order valence-corrected chi connectivity index (χ1v) is 24.0. The van der Waals surface area contributed by atoms with E-state index in [-0.39, 0.29) is 18.0 Å². The Kier molecular flexibility index (Phi) is 42.9. The molecule has 0 aliphatic carbocycles. The van der Waals surface area contributed by atoms with Crippen molar-refractivity contribution in [3.63, 3.8) is 0 Å². The van der Waals surface area contributed by atoms with Crippen LogP contribution in [0.25, 0.3) is 0 Å². The van der Waals surface area contributed by atoms with E-state index in [1.807, 2.05) is 0 Å². The van der Waals surface area contributed by atoms with Gasteiger partial charge >= 0.3 is 11.5 Å². The van der Waals surface area contributed by atoms with E-state index in [1.54, 1.807) is 0 Å². The van der Waals surface area contributed by atoms with E-state index in [0.29, 0.717) is 13.2 Å². The molecule has 316 valence electrons. The van der Waals surface area contributed by atoms with Crippen molar-refractivity contribution in [2.24, 2.45) is 0 Å². The summed E-state index contributed by atoms with van der Waals surface area (Å²) < 4.78 is 16.6. The van der Waals surface area contributed by atoms with Crippen LogP contribution < -0.4 is 0 Å². The molecule has 1 atom stereocenters. The van der Waals surface area contributed by atoms with Gasteiger partial charge < -0.3 is 24.2 Å². The third-order valence-corrected chi connectivity index (χ3v) is 11.2. The van der Waals surface area contributed by atoms with Gasteiger partial charge in [0.2, 0.25) is 0 Å². The van der Waals surface area contributed by atoms with Crippen molar-refractivity contribution in [1.29, 1.82) is 0 Å². The van der Waals surface area contributed by atoms with Gasteiger partial charge in [0.25, 0.3) is 0 Å². The Morgan fingerprint density at radius 3 is 1.38 bits per heavy atom. The predicted octanol–water partition coefficient (Wildman–Crippen LogP) is 14.2. The van der Waals surface area contributed by atoms with Crippen LogP contribution in [0.3, 0.4) is 0 Å². The van der Waals surface area contributed by atoms with Crippen LogP contribution in [0.15, 0.2) is 0 Å². The van der Waals surface area contributed by atoms with Gasteiger partial charge in [-0.05, 0) is 82.6 Å². The van der Waals surface area contributed by atoms with Gasteiger partial charge in [0.15, 0.2) is 0 Å². The number of unbranched alkanes of at least 4 members (excludes halogenated alkanes) is 25. The maximum absolute atomic E-state index is 12.5. The Morgan fingerprint density at radius 2 is 0.887 bits per heavy atom. The number of carbonyl (C=O) groups is 2. The molecule has 7 nitrogen and oxygen atoms in total. The summed E-state index contributed by atoms with van der Waals surface area (Å²) in [5.74, 6) is 0.862. The van der Waals surface area contributed by atoms with Gasteiger partial charge in [-0.1, -0.05) is 168 Å². The van der Waals surface area contributed by atoms with Gasteiger partial charge in [-0.3, -0.25) is 0 Å². The van der Waals surface area contributed by atoms with Crippen LogP contribution in [0.1, 0.15) is 226 Å². The summed E-state index contributed by atoms with van der Waals surface area (Å²) in [4.78, 5) is 26.7. The molecule has 0 aromatic rings. The van der Waals surface area contributed by atoms with Crippen molar-refractivity contribution in [3.05, 3.63) is 0 Å². The second-order valence-electron chi connectivity index (χ2n) is 15.5. The highest BCUT2D eigenvalue weighted by molar-refractivity contribution is 8.13. The number of aliphatic hydroxyl groups is 1. The fraction of sp³-hybridized carbons (Fsp3) is 0.956. The second-order valence-corrected chi connectivity index (χ2v) is 16.5. The van der Waals surface area contributed by atoms with E-state index in [2.05, 4.69) is 25.7 Å². The van der Waals surface area contributed by atoms with Crippen LogP contribution in [0.4, 0.5) is 9.59 Å². The van der Waals surface area contributed by atoms with Crippen molar-refractivity contribution in [3.8, 4) is 0 Å². The highest BCUT2D eigenvalue weighted by Crippen LogP contribution is 2.18. The number of rotatable bonds is 42. The summed E-state index contributed by atoms with van der Waals surface area (Å²) in [5, 5.41) is 9.42. The van der Waals surface area contributed by atoms with Gasteiger partial charge in [0.1, 0.15) is 6.10 Å². The molecule has 0 aliphatic heterocycles. The highest BCUT2D eigenvalue weighted by atomic mass is 32.2. The van der Waals surface area contributed by atoms with Gasteiger partial charge in [0, 0.05) is 12.3 Å². The topological polar surface area (TPSA) is 85.3 Å². The van der Waals surface area contributed by atoms with Crippen molar-refractivity contribution in [2.75, 3.05) is 45.2 Å². The van der Waals surface area contributed by atoms with E-state index in [1.165, 1.54) is 153 Å². The lowest BCUT2D eigenvalue weighted by atomic mass is 10.0.